The number of anilines is 2. The van der Waals surface area contributed by atoms with Crippen LogP contribution in [-0.4, -0.2) is 25.2 Å². The molecular weight excluding hydrogens is 342 g/mol. The fourth-order valence-corrected chi connectivity index (χ4v) is 3.54. The van der Waals surface area contributed by atoms with Gasteiger partial charge in [-0.2, -0.15) is 4.98 Å². The molecule has 2 aromatic heterocycles. The third-order valence-electron chi connectivity index (χ3n) is 4.70. The van der Waals surface area contributed by atoms with Gasteiger partial charge in [-0.05, 0) is 30.2 Å². The molecule has 1 atom stereocenters. The highest BCUT2D eigenvalue weighted by Crippen LogP contribution is 2.33. The van der Waals surface area contributed by atoms with Crippen LogP contribution in [0.4, 0.5) is 11.6 Å². The molecule has 4 rings (SSSR count). The summed E-state index contributed by atoms with van der Waals surface area (Å²) in [4.78, 5) is 31.6. The molecule has 0 spiro atoms. The topological polar surface area (TPSA) is 65.1 Å². The van der Waals surface area contributed by atoms with Gasteiger partial charge in [0.1, 0.15) is 0 Å². The number of rotatable bonds is 1. The van der Waals surface area contributed by atoms with Crippen molar-refractivity contribution in [3.63, 3.8) is 0 Å². The van der Waals surface area contributed by atoms with Gasteiger partial charge in [0.25, 0.3) is 5.56 Å². The van der Waals surface area contributed by atoms with Gasteiger partial charge in [0, 0.05) is 37.9 Å². The van der Waals surface area contributed by atoms with Gasteiger partial charge in [0.15, 0.2) is 11.2 Å². The first-order chi connectivity index (χ1) is 11.9. The zero-order chi connectivity index (χ0) is 17.9. The lowest BCUT2D eigenvalue weighted by molar-refractivity contribution is 0.458. The summed E-state index contributed by atoms with van der Waals surface area (Å²) >= 11 is 6.00. The van der Waals surface area contributed by atoms with Crippen LogP contribution < -0.4 is 16.1 Å². The number of fused-ring (bicyclic) bond motifs is 3. The van der Waals surface area contributed by atoms with Crippen molar-refractivity contribution in [3.05, 3.63) is 50.1 Å². The van der Waals surface area contributed by atoms with E-state index in [0.717, 1.165) is 16.8 Å². The fraction of sp³-hybridized carbons (Fsp3) is 0.353. The van der Waals surface area contributed by atoms with Gasteiger partial charge < -0.3 is 9.47 Å². The molecule has 0 aliphatic carbocycles. The van der Waals surface area contributed by atoms with E-state index in [1.54, 1.807) is 7.05 Å². The second-order valence-electron chi connectivity index (χ2n) is 6.59. The fourth-order valence-electron chi connectivity index (χ4n) is 3.42. The molecule has 1 aromatic carbocycles. The number of halogens is 1. The molecule has 130 valence electrons. The molecule has 0 saturated heterocycles. The highest BCUT2D eigenvalue weighted by atomic mass is 35.5. The maximum atomic E-state index is 12.7. The number of nitrogens with zero attached hydrogens (tertiary/aromatic N) is 5. The Hall–Kier alpha value is -2.54. The van der Waals surface area contributed by atoms with Crippen LogP contribution in [0.1, 0.15) is 6.92 Å². The van der Waals surface area contributed by atoms with E-state index >= 15 is 0 Å². The first-order valence-electron chi connectivity index (χ1n) is 8.08. The van der Waals surface area contributed by atoms with Crippen LogP contribution in [-0.2, 0) is 20.6 Å². The maximum absolute atomic E-state index is 12.7. The van der Waals surface area contributed by atoms with Crippen molar-refractivity contribution in [2.45, 2.75) is 13.5 Å². The van der Waals surface area contributed by atoms with Crippen molar-refractivity contribution >= 4 is 34.4 Å². The van der Waals surface area contributed by atoms with Crippen molar-refractivity contribution < 1.29 is 0 Å². The van der Waals surface area contributed by atoms with Crippen LogP contribution in [0.3, 0.4) is 0 Å². The lowest BCUT2D eigenvalue weighted by Crippen LogP contribution is -2.38. The van der Waals surface area contributed by atoms with Crippen molar-refractivity contribution in [2.75, 3.05) is 11.4 Å². The molecule has 0 amide bonds. The summed E-state index contributed by atoms with van der Waals surface area (Å²) in [6.07, 6.45) is 0. The molecule has 1 aliphatic heterocycles. The second kappa shape index (κ2) is 5.49. The van der Waals surface area contributed by atoms with E-state index in [1.165, 1.54) is 11.6 Å². The lowest BCUT2D eigenvalue weighted by Gasteiger charge is -2.32. The standard InChI is InChI=1S/C17H18ClN5O2/c1-10-8-22(12-6-4-11(18)5-7-12)16-19-14-13(23(16)9-10)15(24)21(3)17(25)20(14)2/h4-7,10H,8-9H2,1-3H3/t10-/m1/s1. The Kier molecular flexibility index (Phi) is 3.50. The molecule has 0 radical (unpaired) electrons. The number of aromatic nitrogens is 4. The molecular formula is C17H18ClN5O2. The third kappa shape index (κ3) is 2.30. The van der Waals surface area contributed by atoms with Gasteiger partial charge in [-0.1, -0.05) is 18.5 Å². The number of benzene rings is 1. The Morgan fingerprint density at radius 1 is 1.08 bits per heavy atom. The normalized spacial score (nSPS) is 17.1. The molecule has 0 saturated carbocycles. The summed E-state index contributed by atoms with van der Waals surface area (Å²) < 4.78 is 4.47. The van der Waals surface area contributed by atoms with Gasteiger partial charge in [0.05, 0.1) is 0 Å². The van der Waals surface area contributed by atoms with Crippen LogP contribution in [0.5, 0.6) is 0 Å². The predicted octanol–water partition coefficient (Wildman–Crippen LogP) is 1.87. The van der Waals surface area contributed by atoms with E-state index in [1.807, 2.05) is 28.8 Å². The second-order valence-corrected chi connectivity index (χ2v) is 7.03. The molecule has 7 nitrogen and oxygen atoms in total. The highest BCUT2D eigenvalue weighted by molar-refractivity contribution is 6.30. The smallest absolute Gasteiger partial charge is 0.312 e. The number of aryl methyl sites for hydroxylation is 1. The predicted molar refractivity (Wildman–Crippen MR) is 97.8 cm³/mol. The molecule has 8 heteroatoms. The average Bonchev–Trinajstić information content (AvgIpc) is 2.97. The van der Waals surface area contributed by atoms with Gasteiger partial charge in [-0.25, -0.2) is 4.79 Å². The monoisotopic (exact) mass is 359 g/mol. The van der Waals surface area contributed by atoms with E-state index in [4.69, 9.17) is 11.6 Å². The van der Waals surface area contributed by atoms with Crippen LogP contribution in [0.15, 0.2) is 33.9 Å². The Labute approximate surface area is 148 Å². The Morgan fingerprint density at radius 3 is 2.44 bits per heavy atom. The molecule has 1 aliphatic rings. The van der Waals surface area contributed by atoms with E-state index in [2.05, 4.69) is 16.8 Å². The zero-order valence-electron chi connectivity index (χ0n) is 14.2. The molecule has 0 N–H and O–H groups in total. The molecule has 0 unspecified atom stereocenters. The molecule has 0 fully saturated rings. The molecule has 0 bridgehead atoms. The zero-order valence-corrected chi connectivity index (χ0v) is 15.0. The number of imidazole rings is 1. The van der Waals surface area contributed by atoms with Crippen molar-refractivity contribution in [2.24, 2.45) is 20.0 Å². The quantitative estimate of drug-likeness (QED) is 0.665. The van der Waals surface area contributed by atoms with E-state index in [-0.39, 0.29) is 11.2 Å². The summed E-state index contributed by atoms with van der Waals surface area (Å²) in [6.45, 7) is 3.59. The minimum absolute atomic E-state index is 0.318. The third-order valence-corrected chi connectivity index (χ3v) is 4.95. The number of hydrogen-bond acceptors (Lipinski definition) is 4. The van der Waals surface area contributed by atoms with Gasteiger partial charge >= 0.3 is 5.69 Å². The van der Waals surface area contributed by atoms with E-state index in [9.17, 15) is 9.59 Å². The van der Waals surface area contributed by atoms with Gasteiger partial charge in [-0.3, -0.25) is 13.9 Å². The van der Waals surface area contributed by atoms with E-state index < -0.39 is 0 Å². The van der Waals surface area contributed by atoms with Gasteiger partial charge in [0.2, 0.25) is 5.95 Å². The minimum Gasteiger partial charge on any atom is -0.312 e. The Morgan fingerprint density at radius 2 is 1.76 bits per heavy atom. The first kappa shape index (κ1) is 16.0. The van der Waals surface area contributed by atoms with Gasteiger partial charge in [-0.15, -0.1) is 0 Å². The summed E-state index contributed by atoms with van der Waals surface area (Å²) in [5.74, 6) is 0.997. The number of hydrogen-bond donors (Lipinski definition) is 0. The largest absolute Gasteiger partial charge is 0.332 e. The summed E-state index contributed by atoms with van der Waals surface area (Å²) in [7, 11) is 3.13. The SMILES string of the molecule is C[C@@H]1CN(c2ccc(Cl)cc2)c2nc3c(c(=O)n(C)c(=O)n3C)n2C1. The van der Waals surface area contributed by atoms with Crippen molar-refractivity contribution in [3.8, 4) is 0 Å². The summed E-state index contributed by atoms with van der Waals surface area (Å²) in [5, 5.41) is 0.665. The minimum atomic E-state index is -0.376. The first-order valence-corrected chi connectivity index (χ1v) is 8.45. The Balaban J connectivity index is 2.03. The van der Waals surface area contributed by atoms with Crippen LogP contribution in [0, 0.1) is 5.92 Å². The molecule has 3 heterocycles. The summed E-state index contributed by atoms with van der Waals surface area (Å²) in [6, 6.07) is 7.53. The van der Waals surface area contributed by atoms with Crippen molar-refractivity contribution in [1.29, 1.82) is 0 Å². The van der Waals surface area contributed by atoms with E-state index in [0.29, 0.717) is 34.6 Å². The molecule has 25 heavy (non-hydrogen) atoms. The maximum Gasteiger partial charge on any atom is 0.332 e. The van der Waals surface area contributed by atoms with Crippen LogP contribution in [0.25, 0.3) is 11.2 Å². The average molecular weight is 360 g/mol. The van der Waals surface area contributed by atoms with Crippen LogP contribution >= 0.6 is 11.6 Å². The van der Waals surface area contributed by atoms with Crippen molar-refractivity contribution in [1.82, 2.24) is 18.7 Å². The Bertz CT molecular complexity index is 1090. The summed E-state index contributed by atoms with van der Waals surface area (Å²) in [5.41, 5.74) is 1.14. The molecule has 3 aromatic rings. The highest BCUT2D eigenvalue weighted by Gasteiger charge is 2.29. The lowest BCUT2D eigenvalue weighted by atomic mass is 10.1. The van der Waals surface area contributed by atoms with Crippen LogP contribution in [0.2, 0.25) is 5.02 Å².